The first-order valence-electron chi connectivity index (χ1n) is 9.44. The Morgan fingerprint density at radius 3 is 2.09 bits per heavy atom. The standard InChI is InChI=1S/C20H15Cl2N5O7S/c1-11-7-18(25-35(32,33)20-9-13(27(30)31)3-5-14(20)21)19(34-2)10-17(11)24-23-16-6-4-12(26(28)29)8-15(16)22/h3-10,25H,1-2H3. The van der Waals surface area contributed by atoms with Crippen LogP contribution < -0.4 is 9.46 Å². The molecule has 0 bridgehead atoms. The molecule has 182 valence electrons. The van der Waals surface area contributed by atoms with Gasteiger partial charge in [-0.2, -0.15) is 5.11 Å². The van der Waals surface area contributed by atoms with Crippen LogP contribution in [0.25, 0.3) is 0 Å². The second kappa shape index (κ2) is 10.2. The number of methoxy groups -OCH3 is 1. The van der Waals surface area contributed by atoms with Gasteiger partial charge in [0.05, 0.1) is 38.4 Å². The molecule has 0 aliphatic rings. The van der Waals surface area contributed by atoms with E-state index < -0.39 is 30.5 Å². The second-order valence-corrected chi connectivity index (χ2v) is 9.37. The van der Waals surface area contributed by atoms with Crippen LogP contribution in [0.2, 0.25) is 10.0 Å². The molecule has 12 nitrogen and oxygen atoms in total. The number of nitrogens with one attached hydrogen (secondary N) is 1. The van der Waals surface area contributed by atoms with E-state index in [-0.39, 0.29) is 32.9 Å². The number of aryl methyl sites for hydroxylation is 1. The minimum absolute atomic E-state index is 0.0192. The van der Waals surface area contributed by atoms with Crippen LogP contribution in [0.5, 0.6) is 5.75 Å². The summed E-state index contributed by atoms with van der Waals surface area (Å²) in [6.45, 7) is 1.63. The Hall–Kier alpha value is -3.81. The molecule has 0 aromatic heterocycles. The summed E-state index contributed by atoms with van der Waals surface area (Å²) < 4.78 is 33.4. The zero-order valence-corrected chi connectivity index (χ0v) is 20.3. The monoisotopic (exact) mass is 539 g/mol. The fraction of sp³-hybridized carbons (Fsp3) is 0.100. The molecule has 35 heavy (non-hydrogen) atoms. The second-order valence-electron chi connectivity index (χ2n) is 6.91. The Morgan fingerprint density at radius 1 is 0.886 bits per heavy atom. The number of rotatable bonds is 8. The fourth-order valence-electron chi connectivity index (χ4n) is 2.84. The van der Waals surface area contributed by atoms with Gasteiger partial charge in [0, 0.05) is 30.3 Å². The highest BCUT2D eigenvalue weighted by atomic mass is 35.5. The third-order valence-electron chi connectivity index (χ3n) is 4.59. The van der Waals surface area contributed by atoms with Crippen LogP contribution in [0.3, 0.4) is 0 Å². The SMILES string of the molecule is COc1cc(N=Nc2ccc([N+](=O)[O-])cc2Cl)c(C)cc1NS(=O)(=O)c1cc([N+](=O)[O-])ccc1Cl. The molecule has 3 aromatic carbocycles. The predicted molar refractivity (Wildman–Crippen MR) is 129 cm³/mol. The lowest BCUT2D eigenvalue weighted by molar-refractivity contribution is -0.385. The molecule has 0 heterocycles. The van der Waals surface area contributed by atoms with Crippen molar-refractivity contribution in [2.75, 3.05) is 11.8 Å². The number of ether oxygens (including phenoxy) is 1. The molecule has 1 N–H and O–H groups in total. The van der Waals surface area contributed by atoms with E-state index in [0.717, 1.165) is 24.3 Å². The molecule has 3 rings (SSSR count). The van der Waals surface area contributed by atoms with Gasteiger partial charge in [-0.05, 0) is 30.7 Å². The van der Waals surface area contributed by atoms with Crippen molar-refractivity contribution in [2.24, 2.45) is 10.2 Å². The highest BCUT2D eigenvalue weighted by Crippen LogP contribution is 2.37. The van der Waals surface area contributed by atoms with Gasteiger partial charge >= 0.3 is 0 Å². The summed E-state index contributed by atoms with van der Waals surface area (Å²) in [6.07, 6.45) is 0. The van der Waals surface area contributed by atoms with Crippen LogP contribution in [0.15, 0.2) is 63.7 Å². The van der Waals surface area contributed by atoms with E-state index in [0.29, 0.717) is 11.3 Å². The van der Waals surface area contributed by atoms with Crippen LogP contribution in [-0.2, 0) is 10.0 Å². The number of azo groups is 1. The first-order valence-corrected chi connectivity index (χ1v) is 11.7. The van der Waals surface area contributed by atoms with Crippen LogP contribution in [-0.4, -0.2) is 25.4 Å². The molecule has 0 unspecified atom stereocenters. The molecular formula is C20H15Cl2N5O7S. The lowest BCUT2D eigenvalue weighted by Crippen LogP contribution is -2.14. The Morgan fingerprint density at radius 2 is 1.49 bits per heavy atom. The lowest BCUT2D eigenvalue weighted by Gasteiger charge is -2.14. The highest BCUT2D eigenvalue weighted by molar-refractivity contribution is 7.92. The number of hydrogen-bond acceptors (Lipinski definition) is 9. The van der Waals surface area contributed by atoms with E-state index in [9.17, 15) is 28.6 Å². The van der Waals surface area contributed by atoms with Crippen molar-refractivity contribution in [2.45, 2.75) is 11.8 Å². The summed E-state index contributed by atoms with van der Waals surface area (Å²) in [5.41, 5.74) is 0.342. The molecular weight excluding hydrogens is 525 g/mol. The van der Waals surface area contributed by atoms with E-state index in [4.69, 9.17) is 27.9 Å². The number of anilines is 1. The molecule has 0 atom stereocenters. The maximum atomic E-state index is 12.9. The summed E-state index contributed by atoms with van der Waals surface area (Å²) in [7, 11) is -3.02. The number of non-ortho nitro benzene ring substituents is 2. The Bertz CT molecular complexity index is 1480. The number of nitro benzene ring substituents is 2. The van der Waals surface area contributed by atoms with Crippen molar-refractivity contribution in [3.8, 4) is 5.75 Å². The zero-order chi connectivity index (χ0) is 25.9. The van der Waals surface area contributed by atoms with Gasteiger partial charge in [-0.3, -0.25) is 25.0 Å². The van der Waals surface area contributed by atoms with Gasteiger partial charge in [0.2, 0.25) is 0 Å². The third kappa shape index (κ3) is 5.82. The van der Waals surface area contributed by atoms with Gasteiger partial charge in [-0.1, -0.05) is 23.2 Å². The Labute approximate surface area is 208 Å². The molecule has 0 radical (unpaired) electrons. The van der Waals surface area contributed by atoms with Crippen molar-refractivity contribution in [1.29, 1.82) is 0 Å². The van der Waals surface area contributed by atoms with E-state index in [1.54, 1.807) is 6.92 Å². The Balaban J connectivity index is 1.95. The average Bonchev–Trinajstić information content (AvgIpc) is 2.78. The lowest BCUT2D eigenvalue weighted by atomic mass is 10.1. The van der Waals surface area contributed by atoms with Crippen molar-refractivity contribution in [3.05, 3.63) is 84.4 Å². The van der Waals surface area contributed by atoms with E-state index >= 15 is 0 Å². The number of benzene rings is 3. The molecule has 0 saturated carbocycles. The van der Waals surface area contributed by atoms with Crippen molar-refractivity contribution >= 4 is 61.7 Å². The number of sulfonamides is 1. The summed E-state index contributed by atoms with van der Waals surface area (Å²) >= 11 is 12.0. The number of halogens is 2. The summed E-state index contributed by atoms with van der Waals surface area (Å²) in [6, 6.07) is 9.58. The molecule has 0 saturated heterocycles. The minimum atomic E-state index is -4.33. The van der Waals surface area contributed by atoms with E-state index in [2.05, 4.69) is 15.0 Å². The number of nitro groups is 2. The van der Waals surface area contributed by atoms with E-state index in [1.165, 1.54) is 31.4 Å². The number of hydrogen-bond donors (Lipinski definition) is 1. The van der Waals surface area contributed by atoms with Gasteiger partial charge in [0.15, 0.2) is 0 Å². The van der Waals surface area contributed by atoms with E-state index in [1.807, 2.05) is 0 Å². The van der Waals surface area contributed by atoms with Crippen LogP contribution in [0.4, 0.5) is 28.4 Å². The predicted octanol–water partition coefficient (Wildman–Crippen LogP) is 6.34. The van der Waals surface area contributed by atoms with Crippen molar-refractivity contribution in [3.63, 3.8) is 0 Å². The van der Waals surface area contributed by atoms with Crippen LogP contribution in [0.1, 0.15) is 5.56 Å². The topological polar surface area (TPSA) is 166 Å². The van der Waals surface area contributed by atoms with Crippen LogP contribution >= 0.6 is 23.2 Å². The number of nitrogens with zero attached hydrogens (tertiary/aromatic N) is 4. The quantitative estimate of drug-likeness (QED) is 0.198. The third-order valence-corrected chi connectivity index (χ3v) is 6.73. The maximum Gasteiger partial charge on any atom is 0.271 e. The average molecular weight is 540 g/mol. The normalized spacial score (nSPS) is 11.4. The van der Waals surface area contributed by atoms with Gasteiger partial charge in [-0.15, -0.1) is 5.11 Å². The largest absolute Gasteiger partial charge is 0.494 e. The summed E-state index contributed by atoms with van der Waals surface area (Å²) in [5.74, 6) is 0.0736. The van der Waals surface area contributed by atoms with Crippen molar-refractivity contribution in [1.82, 2.24) is 0 Å². The summed E-state index contributed by atoms with van der Waals surface area (Å²) in [4.78, 5) is 20.1. The molecule has 3 aromatic rings. The first kappa shape index (κ1) is 25.8. The highest BCUT2D eigenvalue weighted by Gasteiger charge is 2.23. The Kier molecular flexibility index (Phi) is 7.53. The zero-order valence-electron chi connectivity index (χ0n) is 17.9. The van der Waals surface area contributed by atoms with Gasteiger partial charge in [0.1, 0.15) is 16.3 Å². The van der Waals surface area contributed by atoms with Crippen molar-refractivity contribution < 1.29 is 23.0 Å². The minimum Gasteiger partial charge on any atom is -0.494 e. The van der Waals surface area contributed by atoms with Gasteiger partial charge in [-0.25, -0.2) is 8.42 Å². The summed E-state index contributed by atoms with van der Waals surface area (Å²) in [5, 5.41) is 29.8. The van der Waals surface area contributed by atoms with Gasteiger partial charge in [0.25, 0.3) is 21.4 Å². The molecule has 0 spiro atoms. The van der Waals surface area contributed by atoms with Gasteiger partial charge < -0.3 is 4.74 Å². The molecule has 0 amide bonds. The maximum absolute atomic E-state index is 12.9. The molecule has 0 fully saturated rings. The van der Waals surface area contributed by atoms with Crippen LogP contribution in [0, 0.1) is 27.2 Å². The smallest absolute Gasteiger partial charge is 0.271 e. The molecule has 0 aliphatic carbocycles. The fourth-order valence-corrected chi connectivity index (χ4v) is 4.64. The molecule has 0 aliphatic heterocycles. The molecule has 15 heteroatoms. The first-order chi connectivity index (χ1) is 16.4.